The van der Waals surface area contributed by atoms with E-state index < -0.39 is 31.7 Å². The predicted molar refractivity (Wildman–Crippen MR) is 113 cm³/mol. The van der Waals surface area contributed by atoms with Crippen molar-refractivity contribution in [1.82, 2.24) is 19.4 Å². The SMILES string of the molecule is CN(C)C(=O)CN1CCCN(C(=O)CCNS(=O)(=O)c2ccc(Cl)c(C(F)(F)F)c2)CC1. The summed E-state index contributed by atoms with van der Waals surface area (Å²) in [7, 11) is -0.910. The lowest BCUT2D eigenvalue weighted by Gasteiger charge is -2.23. The monoisotopic (exact) mass is 498 g/mol. The summed E-state index contributed by atoms with van der Waals surface area (Å²) in [6.45, 7) is 2.05. The van der Waals surface area contributed by atoms with E-state index in [0.29, 0.717) is 38.7 Å². The lowest BCUT2D eigenvalue weighted by atomic mass is 10.2. The predicted octanol–water partition coefficient (Wildman–Crippen LogP) is 1.65. The number of benzene rings is 1. The van der Waals surface area contributed by atoms with Crippen molar-refractivity contribution in [2.75, 3.05) is 53.4 Å². The van der Waals surface area contributed by atoms with Crippen LogP contribution in [0.2, 0.25) is 5.02 Å². The van der Waals surface area contributed by atoms with Crippen LogP contribution in [-0.2, 0) is 25.8 Å². The number of sulfonamides is 1. The highest BCUT2D eigenvalue weighted by Crippen LogP contribution is 2.35. The number of carbonyl (C=O) groups excluding carboxylic acids is 2. The van der Waals surface area contributed by atoms with Crippen LogP contribution in [0.15, 0.2) is 23.1 Å². The Balaban J connectivity index is 1.90. The quantitative estimate of drug-likeness (QED) is 0.617. The Hall–Kier alpha value is -1.89. The number of hydrogen-bond donors (Lipinski definition) is 1. The van der Waals surface area contributed by atoms with Gasteiger partial charge >= 0.3 is 6.18 Å². The molecular weight excluding hydrogens is 473 g/mol. The number of alkyl halides is 3. The van der Waals surface area contributed by atoms with Crippen LogP contribution in [0.5, 0.6) is 0 Å². The van der Waals surface area contributed by atoms with Gasteiger partial charge in [-0.1, -0.05) is 11.6 Å². The third-order valence-corrected chi connectivity index (χ3v) is 6.77. The second-order valence-corrected chi connectivity index (χ2v) is 9.76. The summed E-state index contributed by atoms with van der Waals surface area (Å²) in [5, 5.41) is -0.603. The molecule has 0 aliphatic carbocycles. The average Bonchev–Trinajstić information content (AvgIpc) is 2.92. The number of nitrogens with zero attached hydrogens (tertiary/aromatic N) is 3. The molecule has 0 saturated carbocycles. The summed E-state index contributed by atoms with van der Waals surface area (Å²) in [4.78, 5) is 28.8. The molecular formula is C19H26ClF3N4O4S. The van der Waals surface area contributed by atoms with Gasteiger partial charge in [-0.25, -0.2) is 13.1 Å². The molecule has 1 fully saturated rings. The van der Waals surface area contributed by atoms with Gasteiger partial charge in [-0.3, -0.25) is 14.5 Å². The minimum Gasteiger partial charge on any atom is -0.348 e. The normalized spacial score (nSPS) is 16.0. The second kappa shape index (κ2) is 10.8. The largest absolute Gasteiger partial charge is 0.417 e. The minimum atomic E-state index is -4.80. The first-order valence-corrected chi connectivity index (χ1v) is 11.7. The number of nitrogens with one attached hydrogen (secondary N) is 1. The van der Waals surface area contributed by atoms with Crippen molar-refractivity contribution in [2.45, 2.75) is 23.9 Å². The Kier molecular flexibility index (Phi) is 8.91. The molecule has 0 unspecified atom stereocenters. The number of hydrogen-bond acceptors (Lipinski definition) is 5. The molecule has 1 heterocycles. The molecule has 180 valence electrons. The van der Waals surface area contributed by atoms with Crippen molar-refractivity contribution in [1.29, 1.82) is 0 Å². The highest BCUT2D eigenvalue weighted by atomic mass is 35.5. The van der Waals surface area contributed by atoms with Gasteiger partial charge in [0.05, 0.1) is 22.0 Å². The van der Waals surface area contributed by atoms with Crippen LogP contribution in [0, 0.1) is 0 Å². The molecule has 1 N–H and O–H groups in total. The van der Waals surface area contributed by atoms with Crippen LogP contribution in [0.25, 0.3) is 0 Å². The first-order chi connectivity index (χ1) is 14.8. The molecule has 13 heteroatoms. The lowest BCUT2D eigenvalue weighted by molar-refractivity contribution is -0.137. The average molecular weight is 499 g/mol. The van der Waals surface area contributed by atoms with E-state index in [-0.39, 0.29) is 31.3 Å². The van der Waals surface area contributed by atoms with E-state index in [4.69, 9.17) is 11.6 Å². The Labute approximate surface area is 190 Å². The standard InChI is InChI=1S/C19H26ClF3N4O4S/c1-25(2)18(29)13-26-8-3-9-27(11-10-26)17(28)6-7-24-32(30,31)14-4-5-16(20)15(12-14)19(21,22)23/h4-5,12,24H,3,6-11,13H2,1-2H3. The molecule has 1 aliphatic rings. The summed E-state index contributed by atoms with van der Waals surface area (Å²) < 4.78 is 65.8. The molecule has 1 aromatic rings. The van der Waals surface area contributed by atoms with E-state index in [1.807, 2.05) is 4.90 Å². The highest BCUT2D eigenvalue weighted by Gasteiger charge is 2.34. The molecule has 0 radical (unpaired) electrons. The fraction of sp³-hybridized carbons (Fsp3) is 0.579. The van der Waals surface area contributed by atoms with Crippen molar-refractivity contribution in [3.63, 3.8) is 0 Å². The van der Waals surface area contributed by atoms with Crippen LogP contribution < -0.4 is 4.72 Å². The van der Waals surface area contributed by atoms with Crippen molar-refractivity contribution in [2.24, 2.45) is 0 Å². The Morgan fingerprint density at radius 2 is 1.84 bits per heavy atom. The fourth-order valence-corrected chi connectivity index (χ4v) is 4.42. The number of carbonyl (C=O) groups is 2. The van der Waals surface area contributed by atoms with E-state index in [1.54, 1.807) is 19.0 Å². The van der Waals surface area contributed by atoms with Crippen molar-refractivity contribution < 1.29 is 31.2 Å². The van der Waals surface area contributed by atoms with Gasteiger partial charge in [0.15, 0.2) is 0 Å². The van der Waals surface area contributed by atoms with Gasteiger partial charge in [-0.2, -0.15) is 13.2 Å². The van der Waals surface area contributed by atoms with Crippen LogP contribution in [0.4, 0.5) is 13.2 Å². The second-order valence-electron chi connectivity index (χ2n) is 7.59. The Bertz CT molecular complexity index is 941. The van der Waals surface area contributed by atoms with E-state index in [2.05, 4.69) is 4.72 Å². The number of likely N-dealkylation sites (N-methyl/N-ethyl adjacent to an activating group) is 1. The van der Waals surface area contributed by atoms with Gasteiger partial charge in [-0.05, 0) is 24.6 Å². The smallest absolute Gasteiger partial charge is 0.348 e. The topological polar surface area (TPSA) is 90.0 Å². The Morgan fingerprint density at radius 1 is 1.16 bits per heavy atom. The van der Waals surface area contributed by atoms with E-state index in [1.165, 1.54) is 4.90 Å². The maximum Gasteiger partial charge on any atom is 0.417 e. The van der Waals surface area contributed by atoms with Gasteiger partial charge in [0.25, 0.3) is 0 Å². The van der Waals surface area contributed by atoms with Gasteiger partial charge < -0.3 is 9.80 Å². The zero-order valence-electron chi connectivity index (χ0n) is 17.8. The van der Waals surface area contributed by atoms with E-state index in [9.17, 15) is 31.2 Å². The summed E-state index contributed by atoms with van der Waals surface area (Å²) >= 11 is 5.52. The van der Waals surface area contributed by atoms with E-state index in [0.717, 1.165) is 12.1 Å². The minimum absolute atomic E-state index is 0.0323. The van der Waals surface area contributed by atoms with Crippen LogP contribution >= 0.6 is 11.6 Å². The molecule has 0 aromatic heterocycles. The van der Waals surface area contributed by atoms with E-state index >= 15 is 0 Å². The number of amides is 2. The highest BCUT2D eigenvalue weighted by molar-refractivity contribution is 7.89. The first kappa shape index (κ1) is 26.4. The summed E-state index contributed by atoms with van der Waals surface area (Å²) in [6.07, 6.45) is -4.27. The summed E-state index contributed by atoms with van der Waals surface area (Å²) in [5.41, 5.74) is -1.25. The molecule has 0 atom stereocenters. The van der Waals surface area contributed by atoms with Gasteiger partial charge in [0.1, 0.15) is 0 Å². The molecule has 0 bridgehead atoms. The zero-order chi connectivity index (χ0) is 24.1. The molecule has 8 nitrogen and oxygen atoms in total. The number of rotatable bonds is 7. The van der Waals surface area contributed by atoms with Gasteiger partial charge in [-0.15, -0.1) is 0 Å². The van der Waals surface area contributed by atoms with Crippen LogP contribution in [-0.4, -0.2) is 88.3 Å². The van der Waals surface area contributed by atoms with Crippen LogP contribution in [0.1, 0.15) is 18.4 Å². The maximum atomic E-state index is 13.0. The molecule has 2 rings (SSSR count). The van der Waals surface area contributed by atoms with Crippen molar-refractivity contribution >= 4 is 33.4 Å². The van der Waals surface area contributed by atoms with Crippen molar-refractivity contribution in [3.05, 3.63) is 28.8 Å². The third-order valence-electron chi connectivity index (χ3n) is 4.98. The maximum absolute atomic E-state index is 13.0. The molecule has 1 saturated heterocycles. The Morgan fingerprint density at radius 3 is 2.47 bits per heavy atom. The lowest BCUT2D eigenvalue weighted by Crippen LogP contribution is -2.40. The van der Waals surface area contributed by atoms with Crippen LogP contribution in [0.3, 0.4) is 0 Å². The first-order valence-electron chi connectivity index (χ1n) is 9.88. The van der Waals surface area contributed by atoms with Gasteiger partial charge in [0, 0.05) is 53.2 Å². The molecule has 1 aromatic carbocycles. The third kappa shape index (κ3) is 7.32. The molecule has 1 aliphatic heterocycles. The molecule has 32 heavy (non-hydrogen) atoms. The molecule has 0 spiro atoms. The molecule has 2 amide bonds. The number of halogens is 4. The fourth-order valence-electron chi connectivity index (χ4n) is 3.13. The van der Waals surface area contributed by atoms with Gasteiger partial charge in [0.2, 0.25) is 21.8 Å². The summed E-state index contributed by atoms with van der Waals surface area (Å²) in [5.74, 6) is -0.310. The van der Waals surface area contributed by atoms with Crippen molar-refractivity contribution in [3.8, 4) is 0 Å². The zero-order valence-corrected chi connectivity index (χ0v) is 19.4. The summed E-state index contributed by atoms with van der Waals surface area (Å²) in [6, 6.07) is 2.30.